The van der Waals surface area contributed by atoms with Crippen LogP contribution in [-0.4, -0.2) is 16.0 Å². The van der Waals surface area contributed by atoms with Gasteiger partial charge in [-0.3, -0.25) is 0 Å². The number of furan rings is 1. The fourth-order valence-corrected chi connectivity index (χ4v) is 3.26. The van der Waals surface area contributed by atoms with Crippen LogP contribution in [0.1, 0.15) is 24.5 Å². The maximum absolute atomic E-state index is 5.81. The molecule has 5 nitrogen and oxygen atoms in total. The lowest BCUT2D eigenvalue weighted by Gasteiger charge is -2.14. The molecule has 0 fully saturated rings. The molecule has 0 aromatic carbocycles. The van der Waals surface area contributed by atoms with Crippen molar-refractivity contribution in [2.45, 2.75) is 32.7 Å². The van der Waals surface area contributed by atoms with Crippen LogP contribution in [0.3, 0.4) is 0 Å². The zero-order chi connectivity index (χ0) is 14.8. The summed E-state index contributed by atoms with van der Waals surface area (Å²) in [6.07, 6.45) is 3.47. The van der Waals surface area contributed by atoms with Crippen molar-refractivity contribution in [3.8, 4) is 0 Å². The molecule has 3 rings (SSSR count). The molecule has 0 amide bonds. The SMILES string of the molecule is CCc1cc2c(NC(C)Cc3ccco3)nc(N)nc2s1. The molecule has 0 radical (unpaired) electrons. The van der Waals surface area contributed by atoms with Gasteiger partial charge in [-0.1, -0.05) is 6.92 Å². The third kappa shape index (κ3) is 3.00. The van der Waals surface area contributed by atoms with E-state index in [2.05, 4.69) is 35.2 Å². The van der Waals surface area contributed by atoms with Crippen LogP contribution in [0, 0.1) is 0 Å². The largest absolute Gasteiger partial charge is 0.469 e. The van der Waals surface area contributed by atoms with Gasteiger partial charge >= 0.3 is 0 Å². The molecular formula is C15H18N4OS. The minimum Gasteiger partial charge on any atom is -0.469 e. The molecule has 1 unspecified atom stereocenters. The Bertz CT molecular complexity index is 736. The monoisotopic (exact) mass is 302 g/mol. The summed E-state index contributed by atoms with van der Waals surface area (Å²) in [6, 6.07) is 6.21. The van der Waals surface area contributed by atoms with Gasteiger partial charge in [0.05, 0.1) is 11.6 Å². The van der Waals surface area contributed by atoms with E-state index in [1.807, 2.05) is 12.1 Å². The van der Waals surface area contributed by atoms with Gasteiger partial charge in [-0.25, -0.2) is 4.98 Å². The quantitative estimate of drug-likeness (QED) is 0.754. The highest BCUT2D eigenvalue weighted by molar-refractivity contribution is 7.18. The van der Waals surface area contributed by atoms with Crippen LogP contribution in [0.2, 0.25) is 0 Å². The van der Waals surface area contributed by atoms with E-state index in [0.717, 1.165) is 34.6 Å². The van der Waals surface area contributed by atoms with Gasteiger partial charge in [0, 0.05) is 17.3 Å². The Kier molecular flexibility index (Phi) is 3.79. The number of aromatic nitrogens is 2. The van der Waals surface area contributed by atoms with Gasteiger partial charge in [0.15, 0.2) is 0 Å². The van der Waals surface area contributed by atoms with Crippen molar-refractivity contribution < 1.29 is 4.42 Å². The van der Waals surface area contributed by atoms with Gasteiger partial charge in [-0.05, 0) is 31.5 Å². The molecule has 0 aliphatic carbocycles. The molecule has 0 bridgehead atoms. The molecule has 21 heavy (non-hydrogen) atoms. The van der Waals surface area contributed by atoms with Crippen molar-refractivity contribution in [2.24, 2.45) is 0 Å². The van der Waals surface area contributed by atoms with E-state index >= 15 is 0 Å². The van der Waals surface area contributed by atoms with Crippen LogP contribution in [0.5, 0.6) is 0 Å². The van der Waals surface area contributed by atoms with Crippen molar-refractivity contribution >= 4 is 33.3 Å². The lowest BCUT2D eigenvalue weighted by Crippen LogP contribution is -2.19. The van der Waals surface area contributed by atoms with Gasteiger partial charge in [-0.15, -0.1) is 11.3 Å². The van der Waals surface area contributed by atoms with Crippen LogP contribution in [0.25, 0.3) is 10.2 Å². The van der Waals surface area contributed by atoms with E-state index < -0.39 is 0 Å². The van der Waals surface area contributed by atoms with E-state index in [4.69, 9.17) is 10.2 Å². The van der Waals surface area contributed by atoms with E-state index in [1.54, 1.807) is 17.6 Å². The highest BCUT2D eigenvalue weighted by Gasteiger charge is 2.13. The van der Waals surface area contributed by atoms with E-state index in [0.29, 0.717) is 5.95 Å². The summed E-state index contributed by atoms with van der Waals surface area (Å²) in [5.74, 6) is 2.06. The summed E-state index contributed by atoms with van der Waals surface area (Å²) in [6.45, 7) is 4.23. The molecular weight excluding hydrogens is 284 g/mol. The Morgan fingerprint density at radius 1 is 1.43 bits per heavy atom. The first kappa shape index (κ1) is 13.9. The van der Waals surface area contributed by atoms with Crippen molar-refractivity contribution in [1.82, 2.24) is 9.97 Å². The summed E-state index contributed by atoms with van der Waals surface area (Å²) < 4.78 is 5.38. The van der Waals surface area contributed by atoms with Gasteiger partial charge in [0.25, 0.3) is 0 Å². The number of fused-ring (bicyclic) bond motifs is 1. The van der Waals surface area contributed by atoms with E-state index in [-0.39, 0.29) is 6.04 Å². The molecule has 0 spiro atoms. The second kappa shape index (κ2) is 5.73. The average Bonchev–Trinajstić information content (AvgIpc) is 3.07. The van der Waals surface area contributed by atoms with Gasteiger partial charge in [0.2, 0.25) is 5.95 Å². The maximum Gasteiger partial charge on any atom is 0.223 e. The normalized spacial score (nSPS) is 12.7. The van der Waals surface area contributed by atoms with Crippen molar-refractivity contribution in [3.05, 3.63) is 35.1 Å². The van der Waals surface area contributed by atoms with Crippen LogP contribution >= 0.6 is 11.3 Å². The standard InChI is InChI=1S/C15H18N4OS/c1-3-11-8-12-13(18-15(16)19-14(12)21-11)17-9(2)7-10-5-4-6-20-10/h4-6,8-9H,3,7H2,1-2H3,(H3,16,17,18,19). The summed E-state index contributed by atoms with van der Waals surface area (Å²) in [4.78, 5) is 10.9. The number of hydrogen-bond donors (Lipinski definition) is 2. The fraction of sp³-hybridized carbons (Fsp3) is 0.333. The molecule has 0 saturated heterocycles. The maximum atomic E-state index is 5.81. The number of nitrogens with zero attached hydrogens (tertiary/aromatic N) is 2. The third-order valence-electron chi connectivity index (χ3n) is 3.28. The second-order valence-electron chi connectivity index (χ2n) is 5.04. The topological polar surface area (TPSA) is 77.0 Å². The average molecular weight is 302 g/mol. The molecule has 110 valence electrons. The molecule has 6 heteroatoms. The molecule has 0 saturated carbocycles. The number of anilines is 2. The molecule has 3 aromatic rings. The summed E-state index contributed by atoms with van der Waals surface area (Å²) in [7, 11) is 0. The number of nitrogens with two attached hydrogens (primary N) is 1. The number of hydrogen-bond acceptors (Lipinski definition) is 6. The Morgan fingerprint density at radius 3 is 3.00 bits per heavy atom. The third-order valence-corrected chi connectivity index (χ3v) is 4.45. The molecule has 0 aliphatic heterocycles. The van der Waals surface area contributed by atoms with Crippen molar-refractivity contribution in [3.63, 3.8) is 0 Å². The molecule has 3 aromatic heterocycles. The van der Waals surface area contributed by atoms with Crippen LogP contribution < -0.4 is 11.1 Å². The molecule has 3 N–H and O–H groups in total. The van der Waals surface area contributed by atoms with Crippen molar-refractivity contribution in [2.75, 3.05) is 11.1 Å². The van der Waals surface area contributed by atoms with Gasteiger partial charge in [-0.2, -0.15) is 4.98 Å². The Morgan fingerprint density at radius 2 is 2.29 bits per heavy atom. The minimum atomic E-state index is 0.193. The predicted molar refractivity (Wildman–Crippen MR) is 86.7 cm³/mol. The van der Waals surface area contributed by atoms with Crippen molar-refractivity contribution in [1.29, 1.82) is 0 Å². The van der Waals surface area contributed by atoms with E-state index in [1.165, 1.54) is 4.88 Å². The van der Waals surface area contributed by atoms with Crippen LogP contribution in [-0.2, 0) is 12.8 Å². The lowest BCUT2D eigenvalue weighted by atomic mass is 10.2. The number of nitrogens with one attached hydrogen (secondary N) is 1. The van der Waals surface area contributed by atoms with Crippen LogP contribution in [0.15, 0.2) is 28.9 Å². The van der Waals surface area contributed by atoms with Crippen LogP contribution in [0.4, 0.5) is 11.8 Å². The zero-order valence-electron chi connectivity index (χ0n) is 12.1. The number of rotatable bonds is 5. The van der Waals surface area contributed by atoms with Gasteiger partial charge in [0.1, 0.15) is 16.4 Å². The summed E-state index contributed by atoms with van der Waals surface area (Å²) in [5, 5.41) is 4.46. The number of aryl methyl sites for hydroxylation is 1. The molecule has 1 atom stereocenters. The highest BCUT2D eigenvalue weighted by atomic mass is 32.1. The Labute approximate surface area is 127 Å². The van der Waals surface area contributed by atoms with E-state index in [9.17, 15) is 0 Å². The smallest absolute Gasteiger partial charge is 0.223 e. The second-order valence-corrected chi connectivity index (χ2v) is 6.16. The molecule has 3 heterocycles. The predicted octanol–water partition coefficient (Wildman–Crippen LogP) is 3.47. The lowest BCUT2D eigenvalue weighted by molar-refractivity contribution is 0.497. The summed E-state index contributed by atoms with van der Waals surface area (Å²) >= 11 is 1.67. The first-order chi connectivity index (χ1) is 10.2. The highest BCUT2D eigenvalue weighted by Crippen LogP contribution is 2.30. The summed E-state index contributed by atoms with van der Waals surface area (Å²) in [5.41, 5.74) is 5.81. The Hall–Kier alpha value is -2.08. The van der Waals surface area contributed by atoms with Gasteiger partial charge < -0.3 is 15.5 Å². The fourth-order valence-electron chi connectivity index (χ4n) is 2.29. The zero-order valence-corrected chi connectivity index (χ0v) is 12.9. The Balaban J connectivity index is 1.86. The first-order valence-corrected chi connectivity index (χ1v) is 7.82. The minimum absolute atomic E-state index is 0.193. The molecule has 0 aliphatic rings. The number of nitrogen functional groups attached to an aromatic ring is 1. The first-order valence-electron chi connectivity index (χ1n) is 7.00. The number of thiophene rings is 1.